The highest BCUT2D eigenvalue weighted by atomic mass is 35.5. The molecular weight excluding hydrogens is 338 g/mol. The number of hydrogen-bond donors (Lipinski definition) is 0. The van der Waals surface area contributed by atoms with Crippen molar-refractivity contribution in [2.75, 3.05) is 6.61 Å². The van der Waals surface area contributed by atoms with Crippen LogP contribution in [0.1, 0.15) is 33.2 Å². The molecule has 0 fully saturated rings. The highest BCUT2D eigenvalue weighted by Crippen LogP contribution is 2.28. The van der Waals surface area contributed by atoms with Gasteiger partial charge in [-0.25, -0.2) is 4.79 Å². The summed E-state index contributed by atoms with van der Waals surface area (Å²) in [6, 6.07) is 15.6. The second-order valence-electron chi connectivity index (χ2n) is 5.35. The number of nitrogens with zero attached hydrogens (tertiary/aromatic N) is 1. The van der Waals surface area contributed by atoms with E-state index in [0.717, 1.165) is 0 Å². The van der Waals surface area contributed by atoms with E-state index in [1.165, 1.54) is 6.07 Å². The molecule has 1 heterocycles. The highest BCUT2D eigenvalue weighted by molar-refractivity contribution is 6.31. The van der Waals surface area contributed by atoms with Crippen LogP contribution >= 0.6 is 11.6 Å². The summed E-state index contributed by atoms with van der Waals surface area (Å²) in [6.45, 7) is 1.93. The predicted molar refractivity (Wildman–Crippen MR) is 96.6 cm³/mol. The summed E-state index contributed by atoms with van der Waals surface area (Å²) < 4.78 is 6.88. The maximum atomic E-state index is 13.1. The molecule has 0 aliphatic rings. The molecule has 3 aromatic rings. The van der Waals surface area contributed by atoms with Gasteiger partial charge in [-0.2, -0.15) is 0 Å². The van der Waals surface area contributed by atoms with Crippen molar-refractivity contribution in [2.24, 2.45) is 0 Å². The van der Waals surface area contributed by atoms with Gasteiger partial charge >= 0.3 is 5.97 Å². The largest absolute Gasteiger partial charge is 0.462 e. The molecule has 25 heavy (non-hydrogen) atoms. The summed E-state index contributed by atoms with van der Waals surface area (Å²) in [5, 5.41) is 0.358. The van der Waals surface area contributed by atoms with Gasteiger partial charge < -0.3 is 9.30 Å². The van der Waals surface area contributed by atoms with Gasteiger partial charge in [0.25, 0.3) is 0 Å². The van der Waals surface area contributed by atoms with E-state index in [2.05, 4.69) is 0 Å². The number of hydrogen-bond acceptors (Lipinski definition) is 3. The molecule has 5 heteroatoms. The van der Waals surface area contributed by atoms with E-state index in [1.54, 1.807) is 54.2 Å². The van der Waals surface area contributed by atoms with E-state index >= 15 is 0 Å². The Morgan fingerprint density at radius 3 is 2.36 bits per heavy atom. The van der Waals surface area contributed by atoms with Gasteiger partial charge in [-0.15, -0.1) is 0 Å². The van der Waals surface area contributed by atoms with E-state index in [9.17, 15) is 9.59 Å². The summed E-state index contributed by atoms with van der Waals surface area (Å²) in [5.41, 5.74) is 1.45. The molecule has 0 saturated carbocycles. The average Bonchev–Trinajstić information content (AvgIpc) is 3.16. The van der Waals surface area contributed by atoms with Crippen molar-refractivity contribution >= 4 is 23.4 Å². The maximum absolute atomic E-state index is 13.1. The van der Waals surface area contributed by atoms with Crippen LogP contribution in [0.4, 0.5) is 0 Å². The first-order valence-electron chi connectivity index (χ1n) is 7.85. The highest BCUT2D eigenvalue weighted by Gasteiger charge is 2.24. The molecule has 0 bridgehead atoms. The Morgan fingerprint density at radius 2 is 1.72 bits per heavy atom. The fourth-order valence-corrected chi connectivity index (χ4v) is 2.85. The Labute approximate surface area is 150 Å². The molecule has 0 spiro atoms. The van der Waals surface area contributed by atoms with Crippen molar-refractivity contribution in [3.05, 3.63) is 88.7 Å². The van der Waals surface area contributed by atoms with Crippen LogP contribution in [0.3, 0.4) is 0 Å². The Kier molecular flexibility index (Phi) is 5.00. The molecule has 0 radical (unpaired) electrons. The number of carbonyl (C=O) groups excluding carboxylic acids is 2. The van der Waals surface area contributed by atoms with E-state index in [-0.39, 0.29) is 23.5 Å². The first-order valence-corrected chi connectivity index (χ1v) is 8.23. The summed E-state index contributed by atoms with van der Waals surface area (Å²) in [7, 11) is 0. The van der Waals surface area contributed by atoms with Gasteiger partial charge in [-0.05, 0) is 31.2 Å². The summed E-state index contributed by atoms with van der Waals surface area (Å²) >= 11 is 6.20. The van der Waals surface area contributed by atoms with Crippen molar-refractivity contribution < 1.29 is 14.3 Å². The smallest absolute Gasteiger partial charge is 0.339 e. The van der Waals surface area contributed by atoms with Gasteiger partial charge in [0.1, 0.15) is 0 Å². The first-order chi connectivity index (χ1) is 12.1. The number of carbonyl (C=O) groups is 2. The zero-order valence-corrected chi connectivity index (χ0v) is 14.4. The molecule has 1 aromatic heterocycles. The Morgan fingerprint density at radius 1 is 1.04 bits per heavy atom. The Bertz CT molecular complexity index is 902. The molecule has 0 aliphatic heterocycles. The standard InChI is InChI=1S/C20H16ClNO3/c1-2-25-20(24)16-12-15(21)13-17(22-10-6-7-11-22)18(16)19(23)14-8-4-3-5-9-14/h3-13H,2H2,1H3. The van der Waals surface area contributed by atoms with Crippen molar-refractivity contribution in [1.82, 2.24) is 4.57 Å². The molecule has 2 aromatic carbocycles. The SMILES string of the molecule is CCOC(=O)c1cc(Cl)cc(-n2cccc2)c1C(=O)c1ccccc1. The zero-order chi connectivity index (χ0) is 17.8. The molecule has 0 N–H and O–H groups in total. The molecule has 0 amide bonds. The van der Waals surface area contributed by atoms with Crippen molar-refractivity contribution in [2.45, 2.75) is 6.92 Å². The van der Waals surface area contributed by atoms with Crippen molar-refractivity contribution in [3.8, 4) is 5.69 Å². The molecule has 0 atom stereocenters. The lowest BCUT2D eigenvalue weighted by Crippen LogP contribution is -2.16. The van der Waals surface area contributed by atoms with Gasteiger partial charge in [0.2, 0.25) is 0 Å². The second kappa shape index (κ2) is 7.36. The first kappa shape index (κ1) is 17.0. The van der Waals surface area contributed by atoms with Crippen LogP contribution < -0.4 is 0 Å². The molecule has 0 unspecified atom stereocenters. The molecular formula is C20H16ClNO3. The number of rotatable bonds is 5. The van der Waals surface area contributed by atoms with Crippen LogP contribution in [0, 0.1) is 0 Å². The molecule has 126 valence electrons. The number of halogens is 1. The van der Waals surface area contributed by atoms with Crippen LogP contribution in [-0.2, 0) is 4.74 Å². The lowest BCUT2D eigenvalue weighted by molar-refractivity contribution is 0.0523. The lowest BCUT2D eigenvalue weighted by Gasteiger charge is -2.15. The minimum atomic E-state index is -0.572. The normalized spacial score (nSPS) is 10.5. The lowest BCUT2D eigenvalue weighted by atomic mass is 9.96. The van der Waals surface area contributed by atoms with Gasteiger partial charge in [0, 0.05) is 23.0 Å². The summed E-state index contributed by atoms with van der Waals surface area (Å²) in [6.07, 6.45) is 3.59. The number of aromatic nitrogens is 1. The second-order valence-corrected chi connectivity index (χ2v) is 5.79. The van der Waals surface area contributed by atoms with Crippen LogP contribution in [0.2, 0.25) is 5.02 Å². The molecule has 0 aliphatic carbocycles. The minimum absolute atomic E-state index is 0.159. The minimum Gasteiger partial charge on any atom is -0.462 e. The van der Waals surface area contributed by atoms with Crippen LogP contribution in [-0.4, -0.2) is 22.9 Å². The number of benzene rings is 2. The quantitative estimate of drug-likeness (QED) is 0.500. The van der Waals surface area contributed by atoms with Crippen LogP contribution in [0.5, 0.6) is 0 Å². The third-order valence-electron chi connectivity index (χ3n) is 3.72. The van der Waals surface area contributed by atoms with Crippen molar-refractivity contribution in [3.63, 3.8) is 0 Å². The van der Waals surface area contributed by atoms with Gasteiger partial charge in [0.05, 0.1) is 23.4 Å². The number of esters is 1. The molecule has 0 saturated heterocycles. The zero-order valence-electron chi connectivity index (χ0n) is 13.6. The van der Waals surface area contributed by atoms with Crippen LogP contribution in [0.25, 0.3) is 5.69 Å². The number of ether oxygens (including phenoxy) is 1. The Balaban J connectivity index is 2.25. The van der Waals surface area contributed by atoms with Gasteiger partial charge in [-0.3, -0.25) is 4.79 Å². The monoisotopic (exact) mass is 353 g/mol. The fraction of sp³-hybridized carbons (Fsp3) is 0.100. The summed E-state index contributed by atoms with van der Waals surface area (Å²) in [5.74, 6) is -0.832. The molecule has 3 rings (SSSR count). The average molecular weight is 354 g/mol. The third-order valence-corrected chi connectivity index (χ3v) is 3.94. The van der Waals surface area contributed by atoms with E-state index in [1.807, 2.05) is 18.2 Å². The van der Waals surface area contributed by atoms with Crippen molar-refractivity contribution in [1.29, 1.82) is 0 Å². The Hall–Kier alpha value is -2.85. The third kappa shape index (κ3) is 3.49. The molecule has 4 nitrogen and oxygen atoms in total. The van der Waals surface area contributed by atoms with E-state index < -0.39 is 5.97 Å². The van der Waals surface area contributed by atoms with E-state index in [4.69, 9.17) is 16.3 Å². The van der Waals surface area contributed by atoms with E-state index in [0.29, 0.717) is 16.3 Å². The number of ketones is 1. The topological polar surface area (TPSA) is 48.3 Å². The van der Waals surface area contributed by atoms with Gasteiger partial charge in [0.15, 0.2) is 5.78 Å². The maximum Gasteiger partial charge on any atom is 0.339 e. The van der Waals surface area contributed by atoms with Crippen LogP contribution in [0.15, 0.2) is 67.0 Å². The predicted octanol–water partition coefficient (Wildman–Crippen LogP) is 4.54. The van der Waals surface area contributed by atoms with Gasteiger partial charge in [-0.1, -0.05) is 41.9 Å². The summed E-state index contributed by atoms with van der Waals surface area (Å²) in [4.78, 5) is 25.6. The fourth-order valence-electron chi connectivity index (χ4n) is 2.63.